The summed E-state index contributed by atoms with van der Waals surface area (Å²) < 4.78 is 44.9. The van der Waals surface area contributed by atoms with Crippen LogP contribution in [0.5, 0.6) is 23.0 Å². The Morgan fingerprint density at radius 2 is 0.722 bits per heavy atom. The molecule has 0 saturated carbocycles. The van der Waals surface area contributed by atoms with Gasteiger partial charge >= 0.3 is 17.9 Å². The minimum atomic E-state index is -1.09. The Kier molecular flexibility index (Phi) is 14.6. The summed E-state index contributed by atoms with van der Waals surface area (Å²) in [5.41, 5.74) is -1.13. The molecule has 0 aliphatic rings. The van der Waals surface area contributed by atoms with Crippen molar-refractivity contribution in [3.8, 4) is 23.0 Å². The Morgan fingerprint density at radius 1 is 0.426 bits per heavy atom. The van der Waals surface area contributed by atoms with E-state index in [1.165, 1.54) is 28.4 Å². The summed E-state index contributed by atoms with van der Waals surface area (Å²) >= 11 is 0. The number of carbonyl (C=O) groups excluding carboxylic acids is 4. The molecule has 4 aromatic carbocycles. The molecular formula is C42H46O12. The van der Waals surface area contributed by atoms with Gasteiger partial charge in [0, 0.05) is 11.8 Å². The molecule has 54 heavy (non-hydrogen) atoms. The predicted molar refractivity (Wildman–Crippen MR) is 199 cm³/mol. The number of carbonyl (C=O) groups is 4. The Morgan fingerprint density at radius 3 is 1.09 bits per heavy atom. The molecule has 4 rings (SSSR count). The lowest BCUT2D eigenvalue weighted by Crippen LogP contribution is -2.39. The highest BCUT2D eigenvalue weighted by Crippen LogP contribution is 2.31. The molecule has 0 radical (unpaired) electrons. The van der Waals surface area contributed by atoms with Crippen LogP contribution in [0.1, 0.15) is 61.7 Å². The van der Waals surface area contributed by atoms with E-state index in [4.69, 9.17) is 37.9 Å². The van der Waals surface area contributed by atoms with Crippen molar-refractivity contribution in [2.75, 3.05) is 61.5 Å². The molecule has 0 bridgehead atoms. The normalized spacial score (nSPS) is 12.1. The SMILES string of the molecule is COc1ccccc1C(=O)CC(C)(COCC(C)(COC(=O)c1ccccc1OC)COC(=O)c1ccccc1OC)COC(=O)c1ccccc1OC. The number of ketones is 1. The van der Waals surface area contributed by atoms with Crippen molar-refractivity contribution >= 4 is 23.7 Å². The van der Waals surface area contributed by atoms with Crippen LogP contribution in [0, 0.1) is 10.8 Å². The predicted octanol–water partition coefficient (Wildman–Crippen LogP) is 6.89. The van der Waals surface area contributed by atoms with Crippen LogP contribution in [0.15, 0.2) is 97.1 Å². The lowest BCUT2D eigenvalue weighted by atomic mass is 9.84. The number of hydrogen-bond donors (Lipinski definition) is 0. The maximum atomic E-state index is 13.7. The minimum absolute atomic E-state index is 0.0798. The summed E-state index contributed by atoms with van der Waals surface area (Å²) in [6.45, 7) is 2.68. The molecule has 0 aromatic heterocycles. The zero-order valence-electron chi connectivity index (χ0n) is 31.4. The molecule has 0 aliphatic heterocycles. The molecule has 0 aliphatic carbocycles. The molecule has 0 heterocycles. The number of methoxy groups -OCH3 is 4. The van der Waals surface area contributed by atoms with E-state index in [9.17, 15) is 19.2 Å². The molecule has 12 heteroatoms. The molecule has 0 saturated heterocycles. The van der Waals surface area contributed by atoms with Crippen molar-refractivity contribution in [2.24, 2.45) is 10.8 Å². The van der Waals surface area contributed by atoms with Gasteiger partial charge in [-0.25, -0.2) is 14.4 Å². The third-order valence-electron chi connectivity index (χ3n) is 8.53. The Hall–Kier alpha value is -5.88. The van der Waals surface area contributed by atoms with Gasteiger partial charge in [-0.1, -0.05) is 62.4 Å². The second-order valence-electron chi connectivity index (χ2n) is 13.2. The van der Waals surface area contributed by atoms with E-state index >= 15 is 0 Å². The number of benzene rings is 4. The highest BCUT2D eigenvalue weighted by atomic mass is 16.6. The molecule has 1 atom stereocenters. The van der Waals surface area contributed by atoms with Crippen molar-refractivity contribution in [3.05, 3.63) is 119 Å². The van der Waals surface area contributed by atoms with Gasteiger partial charge < -0.3 is 37.9 Å². The molecule has 0 fully saturated rings. The fourth-order valence-corrected chi connectivity index (χ4v) is 5.56. The molecule has 286 valence electrons. The second kappa shape index (κ2) is 19.3. The number of rotatable bonds is 20. The third kappa shape index (κ3) is 10.8. The van der Waals surface area contributed by atoms with E-state index < -0.39 is 28.7 Å². The van der Waals surface area contributed by atoms with E-state index in [2.05, 4.69) is 0 Å². The van der Waals surface area contributed by atoms with E-state index in [0.717, 1.165) is 0 Å². The number of ether oxygens (including phenoxy) is 8. The monoisotopic (exact) mass is 742 g/mol. The van der Waals surface area contributed by atoms with Crippen LogP contribution < -0.4 is 18.9 Å². The van der Waals surface area contributed by atoms with Crippen molar-refractivity contribution in [1.82, 2.24) is 0 Å². The van der Waals surface area contributed by atoms with Gasteiger partial charge in [0.15, 0.2) is 5.78 Å². The number of esters is 3. The molecule has 4 aromatic rings. The zero-order valence-corrected chi connectivity index (χ0v) is 31.4. The Bertz CT molecular complexity index is 1840. The summed E-state index contributed by atoms with van der Waals surface area (Å²) in [6, 6.07) is 26.8. The first kappa shape index (κ1) is 40.9. The summed E-state index contributed by atoms with van der Waals surface area (Å²) in [6.07, 6.45) is -0.0884. The van der Waals surface area contributed by atoms with Crippen LogP contribution in [0.25, 0.3) is 0 Å². The summed E-state index contributed by atoms with van der Waals surface area (Å²) in [7, 11) is 5.83. The van der Waals surface area contributed by atoms with E-state index in [0.29, 0.717) is 28.6 Å². The number of Topliss-reactive ketones (excluding diaryl/α,β-unsaturated/α-hetero) is 1. The first-order chi connectivity index (χ1) is 26.0. The van der Waals surface area contributed by atoms with Gasteiger partial charge in [-0.05, 0) is 48.5 Å². The minimum Gasteiger partial charge on any atom is -0.496 e. The fraction of sp³-hybridized carbons (Fsp3) is 0.333. The molecule has 0 spiro atoms. The van der Waals surface area contributed by atoms with Gasteiger partial charge in [0.25, 0.3) is 0 Å². The van der Waals surface area contributed by atoms with Crippen LogP contribution in [0.3, 0.4) is 0 Å². The fourth-order valence-electron chi connectivity index (χ4n) is 5.56. The summed E-state index contributed by atoms with van der Waals surface area (Å²) in [4.78, 5) is 53.3. The lowest BCUT2D eigenvalue weighted by Gasteiger charge is -2.32. The van der Waals surface area contributed by atoms with Crippen molar-refractivity contribution < 1.29 is 57.1 Å². The smallest absolute Gasteiger partial charge is 0.341 e. The quantitative estimate of drug-likeness (QED) is 0.0529. The average Bonchev–Trinajstić information content (AvgIpc) is 3.20. The van der Waals surface area contributed by atoms with Crippen LogP contribution in [0.4, 0.5) is 0 Å². The molecule has 12 nitrogen and oxygen atoms in total. The third-order valence-corrected chi connectivity index (χ3v) is 8.53. The van der Waals surface area contributed by atoms with Gasteiger partial charge in [0.1, 0.15) is 52.9 Å². The molecular weight excluding hydrogens is 696 g/mol. The van der Waals surface area contributed by atoms with Gasteiger partial charge in [-0.15, -0.1) is 0 Å². The molecule has 0 amide bonds. The second-order valence-corrected chi connectivity index (χ2v) is 13.2. The number of hydrogen-bond acceptors (Lipinski definition) is 12. The first-order valence-corrected chi connectivity index (χ1v) is 17.1. The van der Waals surface area contributed by atoms with Gasteiger partial charge in [-0.3, -0.25) is 4.79 Å². The zero-order chi connectivity index (χ0) is 39.1. The van der Waals surface area contributed by atoms with Gasteiger partial charge in [0.05, 0.1) is 59.2 Å². The summed E-state index contributed by atoms with van der Waals surface area (Å²) in [5.74, 6) is -0.784. The molecule has 1 unspecified atom stereocenters. The lowest BCUT2D eigenvalue weighted by molar-refractivity contribution is -0.0631. The van der Waals surface area contributed by atoms with Crippen molar-refractivity contribution in [2.45, 2.75) is 20.3 Å². The summed E-state index contributed by atoms with van der Waals surface area (Å²) in [5, 5.41) is 0. The van der Waals surface area contributed by atoms with Crippen LogP contribution in [-0.2, 0) is 18.9 Å². The Balaban J connectivity index is 1.56. The largest absolute Gasteiger partial charge is 0.496 e. The van der Waals surface area contributed by atoms with E-state index in [-0.39, 0.29) is 61.9 Å². The highest BCUT2D eigenvalue weighted by molar-refractivity contribution is 5.99. The van der Waals surface area contributed by atoms with Crippen molar-refractivity contribution in [3.63, 3.8) is 0 Å². The van der Waals surface area contributed by atoms with Gasteiger partial charge in [-0.2, -0.15) is 0 Å². The maximum Gasteiger partial charge on any atom is 0.341 e. The molecule has 0 N–H and O–H groups in total. The maximum absolute atomic E-state index is 13.7. The topological polar surface area (TPSA) is 142 Å². The standard InChI is InChI=1S/C42H46O12/c1-41(23-33(43)29-15-7-11-19-34(29)47-3,26-52-38(44)30-16-8-12-20-35(30)48-4)24-51-25-42(2,27-53-39(45)31-17-9-13-21-36(31)49-5)28-54-40(46)32-18-10-14-22-37(32)50-6/h7-22H,23-28H2,1-6H3. The average molecular weight is 743 g/mol. The van der Waals surface area contributed by atoms with Crippen molar-refractivity contribution in [1.29, 1.82) is 0 Å². The van der Waals surface area contributed by atoms with E-state index in [1.54, 1.807) is 111 Å². The Labute approximate surface area is 315 Å². The first-order valence-electron chi connectivity index (χ1n) is 17.1. The van der Waals surface area contributed by atoms with E-state index in [1.807, 2.05) is 0 Å². The van der Waals surface area contributed by atoms with Gasteiger partial charge in [0.2, 0.25) is 0 Å². The van der Waals surface area contributed by atoms with Crippen LogP contribution >= 0.6 is 0 Å². The highest BCUT2D eigenvalue weighted by Gasteiger charge is 2.35. The number of para-hydroxylation sites is 4. The van der Waals surface area contributed by atoms with Crippen LogP contribution in [-0.4, -0.2) is 85.2 Å². The van der Waals surface area contributed by atoms with Crippen LogP contribution in [0.2, 0.25) is 0 Å².